The number of hydrogen-bond acceptors (Lipinski definition) is 4. The molecule has 2 heterocycles. The van der Waals surface area contributed by atoms with E-state index in [9.17, 15) is 9.59 Å². The van der Waals surface area contributed by atoms with Gasteiger partial charge in [0.25, 0.3) is 0 Å². The van der Waals surface area contributed by atoms with Crippen LogP contribution in [-0.4, -0.2) is 31.5 Å². The summed E-state index contributed by atoms with van der Waals surface area (Å²) in [5, 5.41) is 17.8. The van der Waals surface area contributed by atoms with Gasteiger partial charge in [-0.15, -0.1) is 0 Å². The van der Waals surface area contributed by atoms with Crippen LogP contribution in [0.3, 0.4) is 0 Å². The molecule has 0 amide bonds. The molecule has 88 valence electrons. The smallest absolute Gasteiger partial charge is 0.356 e. The van der Waals surface area contributed by atoms with E-state index >= 15 is 0 Å². The highest BCUT2D eigenvalue weighted by Gasteiger charge is 2.17. The third kappa shape index (κ3) is 1.72. The van der Waals surface area contributed by atoms with Crippen molar-refractivity contribution >= 4 is 17.5 Å². The van der Waals surface area contributed by atoms with Gasteiger partial charge in [0.15, 0.2) is 5.69 Å². The molecule has 0 saturated heterocycles. The van der Waals surface area contributed by atoms with E-state index < -0.39 is 11.9 Å². The Morgan fingerprint density at radius 1 is 1.29 bits per heavy atom. The van der Waals surface area contributed by atoms with Crippen LogP contribution in [0.1, 0.15) is 26.7 Å². The predicted octanol–water partition coefficient (Wildman–Crippen LogP) is 0.189. The second-order valence-corrected chi connectivity index (χ2v) is 3.36. The van der Waals surface area contributed by atoms with Crippen molar-refractivity contribution in [2.75, 3.05) is 0 Å². The lowest BCUT2D eigenvalue weighted by atomic mass is 10.2. The largest absolute Gasteiger partial charge is 0.478 e. The first-order valence-electron chi connectivity index (χ1n) is 4.72. The van der Waals surface area contributed by atoms with E-state index in [0.29, 0.717) is 11.3 Å². The van der Waals surface area contributed by atoms with Crippen LogP contribution in [0.5, 0.6) is 0 Å². The third-order valence-corrected chi connectivity index (χ3v) is 2.34. The van der Waals surface area contributed by atoms with E-state index in [1.165, 1.54) is 22.7 Å². The van der Waals surface area contributed by atoms with Gasteiger partial charge in [0, 0.05) is 6.20 Å². The first kappa shape index (κ1) is 11.1. The minimum absolute atomic E-state index is 0.0253. The number of carboxylic acids is 2. The van der Waals surface area contributed by atoms with E-state index in [4.69, 9.17) is 15.9 Å². The number of nitrogens with two attached hydrogens (primary N) is 1. The summed E-state index contributed by atoms with van der Waals surface area (Å²) >= 11 is 0. The zero-order chi connectivity index (χ0) is 12.6. The van der Waals surface area contributed by atoms with E-state index in [1.807, 2.05) is 0 Å². The van der Waals surface area contributed by atoms with Crippen LogP contribution >= 0.6 is 0 Å². The number of carboxylic acid groups (broad SMARTS) is 2. The van der Waals surface area contributed by atoms with Gasteiger partial charge in [-0.3, -0.25) is 0 Å². The highest BCUT2D eigenvalue weighted by molar-refractivity contribution is 5.94. The molecule has 0 aliphatic heterocycles. The van der Waals surface area contributed by atoms with Gasteiger partial charge in [0.2, 0.25) is 0 Å². The summed E-state index contributed by atoms with van der Waals surface area (Å²) in [5.74, 6) is -1.97. The summed E-state index contributed by atoms with van der Waals surface area (Å²) in [5.41, 5.74) is 5.66. The van der Waals surface area contributed by atoms with Crippen molar-refractivity contribution in [3.8, 4) is 0 Å². The monoisotopic (exact) mass is 235 g/mol. The fraction of sp³-hybridized carbons (Fsp3) is 0.100. The molecule has 0 atom stereocenters. The van der Waals surface area contributed by atoms with Crippen molar-refractivity contribution in [2.45, 2.75) is 6.54 Å². The van der Waals surface area contributed by atoms with Gasteiger partial charge in [-0.25, -0.2) is 14.6 Å². The van der Waals surface area contributed by atoms with Gasteiger partial charge in [0.05, 0.1) is 17.6 Å². The molecule has 4 N–H and O–H groups in total. The fourth-order valence-electron chi connectivity index (χ4n) is 1.58. The molecule has 0 aliphatic rings. The van der Waals surface area contributed by atoms with E-state index in [0.717, 1.165) is 0 Å². The molecule has 0 unspecified atom stereocenters. The highest BCUT2D eigenvalue weighted by Crippen LogP contribution is 2.15. The number of hydrogen-bond donors (Lipinski definition) is 3. The summed E-state index contributed by atoms with van der Waals surface area (Å²) in [7, 11) is 0. The minimum atomic E-state index is -1.18. The quantitative estimate of drug-likeness (QED) is 0.698. The van der Waals surface area contributed by atoms with Crippen molar-refractivity contribution in [3.05, 3.63) is 35.4 Å². The number of fused-ring (bicyclic) bond motifs is 1. The lowest BCUT2D eigenvalue weighted by molar-refractivity contribution is 0.0684. The molecule has 7 nitrogen and oxygen atoms in total. The molecule has 2 aromatic heterocycles. The van der Waals surface area contributed by atoms with E-state index in [2.05, 4.69) is 4.98 Å². The molecule has 17 heavy (non-hydrogen) atoms. The first-order chi connectivity index (χ1) is 8.04. The molecule has 0 bridgehead atoms. The van der Waals surface area contributed by atoms with Gasteiger partial charge in [-0.2, -0.15) is 0 Å². The fourth-order valence-corrected chi connectivity index (χ4v) is 1.58. The molecular formula is C10H9N3O4. The highest BCUT2D eigenvalue weighted by atomic mass is 16.4. The Labute approximate surface area is 95.1 Å². The zero-order valence-corrected chi connectivity index (χ0v) is 8.62. The van der Waals surface area contributed by atoms with Crippen molar-refractivity contribution in [3.63, 3.8) is 0 Å². The van der Waals surface area contributed by atoms with Gasteiger partial charge in [0.1, 0.15) is 5.82 Å². The summed E-state index contributed by atoms with van der Waals surface area (Å²) in [4.78, 5) is 25.6. The molecule has 0 aromatic carbocycles. The average Bonchev–Trinajstić information content (AvgIpc) is 2.66. The molecule has 0 aliphatic carbocycles. The van der Waals surface area contributed by atoms with E-state index in [1.54, 1.807) is 0 Å². The number of imidazole rings is 1. The number of rotatable bonds is 3. The summed E-state index contributed by atoms with van der Waals surface area (Å²) in [6, 6.07) is 2.73. The number of pyridine rings is 1. The maximum absolute atomic E-state index is 10.9. The maximum Gasteiger partial charge on any atom is 0.356 e. The Hall–Kier alpha value is -2.41. The SMILES string of the molecule is NCc1nc(C(=O)O)c2ccc(C(=O)O)cn12. The first-order valence-corrected chi connectivity index (χ1v) is 4.72. The van der Waals surface area contributed by atoms with Crippen LogP contribution in [0.4, 0.5) is 0 Å². The molecule has 0 saturated carbocycles. The molecule has 0 radical (unpaired) electrons. The van der Waals surface area contributed by atoms with Crippen LogP contribution in [0.15, 0.2) is 18.3 Å². The number of carbonyl (C=O) groups is 2. The van der Waals surface area contributed by atoms with Crippen molar-refractivity contribution in [1.82, 2.24) is 9.38 Å². The summed E-state index contributed by atoms with van der Waals surface area (Å²) in [6.07, 6.45) is 1.30. The summed E-state index contributed by atoms with van der Waals surface area (Å²) in [6.45, 7) is 0.0253. The Kier molecular flexibility index (Phi) is 2.52. The normalized spacial score (nSPS) is 10.6. The van der Waals surface area contributed by atoms with Crippen LogP contribution < -0.4 is 5.73 Å². The van der Waals surface area contributed by atoms with Gasteiger partial charge < -0.3 is 20.3 Å². The van der Waals surface area contributed by atoms with Crippen LogP contribution in [-0.2, 0) is 6.54 Å². The van der Waals surface area contributed by atoms with E-state index in [-0.39, 0.29) is 17.8 Å². The van der Waals surface area contributed by atoms with Gasteiger partial charge >= 0.3 is 11.9 Å². The molecule has 0 spiro atoms. The molecular weight excluding hydrogens is 226 g/mol. The number of aromatic nitrogens is 2. The second kappa shape index (κ2) is 3.87. The Morgan fingerprint density at radius 3 is 2.53 bits per heavy atom. The Balaban J connectivity index is 2.76. The Morgan fingerprint density at radius 2 is 2.00 bits per heavy atom. The van der Waals surface area contributed by atoms with Crippen molar-refractivity contribution in [1.29, 1.82) is 0 Å². The molecule has 2 rings (SSSR count). The van der Waals surface area contributed by atoms with Crippen LogP contribution in [0.2, 0.25) is 0 Å². The number of nitrogens with zero attached hydrogens (tertiary/aromatic N) is 2. The molecule has 7 heteroatoms. The lowest BCUT2D eigenvalue weighted by Crippen LogP contribution is -2.04. The zero-order valence-electron chi connectivity index (χ0n) is 8.62. The lowest BCUT2D eigenvalue weighted by Gasteiger charge is -2.00. The van der Waals surface area contributed by atoms with Crippen molar-refractivity contribution < 1.29 is 19.8 Å². The third-order valence-electron chi connectivity index (χ3n) is 2.34. The molecule has 2 aromatic rings. The maximum atomic E-state index is 10.9. The van der Waals surface area contributed by atoms with Crippen molar-refractivity contribution in [2.24, 2.45) is 5.73 Å². The topological polar surface area (TPSA) is 118 Å². The average molecular weight is 235 g/mol. The van der Waals surface area contributed by atoms with Gasteiger partial charge in [-0.1, -0.05) is 0 Å². The second-order valence-electron chi connectivity index (χ2n) is 3.36. The minimum Gasteiger partial charge on any atom is -0.478 e. The standard InChI is InChI=1S/C10H9N3O4/c11-3-7-12-8(10(16)17)6-2-1-5(9(14)15)4-13(6)7/h1-2,4H,3,11H2,(H,14,15)(H,16,17). The predicted molar refractivity (Wildman–Crippen MR) is 57.0 cm³/mol. The molecule has 0 fully saturated rings. The Bertz CT molecular complexity index is 617. The van der Waals surface area contributed by atoms with Crippen LogP contribution in [0.25, 0.3) is 5.52 Å². The van der Waals surface area contributed by atoms with Crippen LogP contribution in [0, 0.1) is 0 Å². The number of aromatic carboxylic acids is 2. The summed E-state index contributed by atoms with van der Waals surface area (Å²) < 4.78 is 1.38. The van der Waals surface area contributed by atoms with Gasteiger partial charge in [-0.05, 0) is 12.1 Å².